The zero-order valence-corrected chi connectivity index (χ0v) is 19.9. The van der Waals surface area contributed by atoms with Gasteiger partial charge in [0.2, 0.25) is 0 Å². The Morgan fingerprint density at radius 1 is 1.15 bits per heavy atom. The molecule has 1 aliphatic rings. The quantitative estimate of drug-likeness (QED) is 0.366. The van der Waals surface area contributed by atoms with Crippen molar-refractivity contribution >= 4 is 56.4 Å². The van der Waals surface area contributed by atoms with E-state index in [0.29, 0.717) is 28.8 Å². The molecule has 174 valence electrons. The zero-order valence-electron chi connectivity index (χ0n) is 18.4. The van der Waals surface area contributed by atoms with Crippen LogP contribution in [0.15, 0.2) is 54.3 Å². The second-order valence-corrected chi connectivity index (χ2v) is 9.49. The number of fused-ring (bicyclic) bond motifs is 1. The van der Waals surface area contributed by atoms with E-state index >= 15 is 0 Å². The van der Waals surface area contributed by atoms with Crippen molar-refractivity contribution in [3.8, 4) is 0 Å². The summed E-state index contributed by atoms with van der Waals surface area (Å²) in [4.78, 5) is 27.9. The maximum absolute atomic E-state index is 12.7. The molecule has 0 spiro atoms. The van der Waals surface area contributed by atoms with E-state index in [1.807, 2.05) is 35.8 Å². The molecule has 1 amide bonds. The number of amides is 1. The largest absolute Gasteiger partial charge is 0.383 e. The molecule has 4 N–H and O–H groups in total. The van der Waals surface area contributed by atoms with Gasteiger partial charge in [-0.3, -0.25) is 4.79 Å². The van der Waals surface area contributed by atoms with Crippen molar-refractivity contribution in [1.82, 2.24) is 20.3 Å². The minimum Gasteiger partial charge on any atom is -0.383 e. The van der Waals surface area contributed by atoms with Gasteiger partial charge in [0.05, 0.1) is 10.6 Å². The van der Waals surface area contributed by atoms with Crippen LogP contribution in [0.1, 0.15) is 28.8 Å². The molecule has 1 saturated heterocycles. The number of piperidine rings is 1. The summed E-state index contributed by atoms with van der Waals surface area (Å²) < 4.78 is 0. The van der Waals surface area contributed by atoms with Crippen molar-refractivity contribution in [3.05, 3.63) is 70.5 Å². The zero-order chi connectivity index (χ0) is 23.5. The van der Waals surface area contributed by atoms with Gasteiger partial charge in [-0.05, 0) is 42.0 Å². The van der Waals surface area contributed by atoms with E-state index in [1.165, 1.54) is 0 Å². The SMILES string of the molecule is Nc1nccc2cc(CNC(=O)c3cnc(NC4CCN(c5nccs5)CC4)c(Cl)c3)ccc12. The Bertz CT molecular complexity index is 1310. The first-order chi connectivity index (χ1) is 16.6. The summed E-state index contributed by atoms with van der Waals surface area (Å²) in [6, 6.07) is 9.67. The summed E-state index contributed by atoms with van der Waals surface area (Å²) in [6.07, 6.45) is 7.00. The molecular weight excluding hydrogens is 470 g/mol. The van der Waals surface area contributed by atoms with E-state index in [9.17, 15) is 4.79 Å². The minimum atomic E-state index is -0.230. The number of nitrogens with two attached hydrogens (primary N) is 1. The van der Waals surface area contributed by atoms with Crippen molar-refractivity contribution in [2.75, 3.05) is 29.0 Å². The van der Waals surface area contributed by atoms with E-state index in [-0.39, 0.29) is 11.9 Å². The molecule has 1 fully saturated rings. The fourth-order valence-corrected chi connectivity index (χ4v) is 5.01. The molecule has 0 saturated carbocycles. The van der Waals surface area contributed by atoms with Crippen LogP contribution in [0.3, 0.4) is 0 Å². The molecule has 5 rings (SSSR count). The van der Waals surface area contributed by atoms with Crippen LogP contribution < -0.4 is 21.3 Å². The molecule has 0 atom stereocenters. The molecule has 0 aliphatic carbocycles. The van der Waals surface area contributed by atoms with Gasteiger partial charge in [-0.2, -0.15) is 0 Å². The number of rotatable bonds is 6. The minimum absolute atomic E-state index is 0.230. The summed E-state index contributed by atoms with van der Waals surface area (Å²) in [5.41, 5.74) is 7.29. The Labute approximate surface area is 206 Å². The van der Waals surface area contributed by atoms with E-state index in [0.717, 1.165) is 47.4 Å². The monoisotopic (exact) mass is 493 g/mol. The molecule has 0 radical (unpaired) electrons. The number of nitrogen functional groups attached to an aromatic ring is 1. The van der Waals surface area contributed by atoms with Crippen LogP contribution in [0.25, 0.3) is 10.8 Å². The lowest BCUT2D eigenvalue weighted by Crippen LogP contribution is -2.39. The van der Waals surface area contributed by atoms with Gasteiger partial charge >= 0.3 is 0 Å². The fraction of sp³-hybridized carbons (Fsp3) is 0.250. The molecule has 4 heterocycles. The molecule has 1 aliphatic heterocycles. The number of hydrogen-bond donors (Lipinski definition) is 3. The van der Waals surface area contributed by atoms with Gasteiger partial charge in [-0.15, -0.1) is 11.3 Å². The molecule has 0 bridgehead atoms. The van der Waals surface area contributed by atoms with E-state index < -0.39 is 0 Å². The number of carbonyl (C=O) groups excluding carboxylic acids is 1. The lowest BCUT2D eigenvalue weighted by atomic mass is 10.1. The second kappa shape index (κ2) is 9.82. The third-order valence-corrected chi connectivity index (χ3v) is 7.06. The molecular formula is C24H24ClN7OS. The number of benzene rings is 1. The molecule has 34 heavy (non-hydrogen) atoms. The molecule has 3 aromatic heterocycles. The van der Waals surface area contributed by atoms with Crippen LogP contribution in [0.5, 0.6) is 0 Å². The van der Waals surface area contributed by atoms with Crippen LogP contribution in [0, 0.1) is 0 Å². The highest BCUT2D eigenvalue weighted by Gasteiger charge is 2.22. The Kier molecular flexibility index (Phi) is 6.46. The highest BCUT2D eigenvalue weighted by atomic mass is 35.5. The molecule has 4 aromatic rings. The lowest BCUT2D eigenvalue weighted by molar-refractivity contribution is 0.0950. The summed E-state index contributed by atoms with van der Waals surface area (Å²) in [5, 5.41) is 11.7. The highest BCUT2D eigenvalue weighted by Crippen LogP contribution is 2.26. The van der Waals surface area contributed by atoms with Crippen LogP contribution >= 0.6 is 22.9 Å². The third-order valence-electron chi connectivity index (χ3n) is 5.94. The number of hydrogen-bond acceptors (Lipinski definition) is 8. The smallest absolute Gasteiger partial charge is 0.253 e. The number of thiazole rings is 1. The Hall–Kier alpha value is -3.43. The number of pyridine rings is 2. The summed E-state index contributed by atoms with van der Waals surface area (Å²) in [5.74, 6) is 0.867. The van der Waals surface area contributed by atoms with Crippen LogP contribution in [0.2, 0.25) is 5.02 Å². The van der Waals surface area contributed by atoms with E-state index in [4.69, 9.17) is 17.3 Å². The average molecular weight is 494 g/mol. The van der Waals surface area contributed by atoms with Gasteiger partial charge in [0.25, 0.3) is 5.91 Å². The maximum atomic E-state index is 12.7. The Morgan fingerprint density at radius 2 is 2.00 bits per heavy atom. The first kappa shape index (κ1) is 22.4. The number of halogens is 1. The van der Waals surface area contributed by atoms with Gasteiger partial charge in [-0.25, -0.2) is 15.0 Å². The van der Waals surface area contributed by atoms with Crippen molar-refractivity contribution in [2.45, 2.75) is 25.4 Å². The predicted molar refractivity (Wildman–Crippen MR) is 138 cm³/mol. The van der Waals surface area contributed by atoms with Crippen LogP contribution in [0.4, 0.5) is 16.8 Å². The summed E-state index contributed by atoms with van der Waals surface area (Å²) >= 11 is 8.12. The number of anilines is 3. The molecule has 1 aromatic carbocycles. The van der Waals surface area contributed by atoms with Crippen LogP contribution in [-0.2, 0) is 6.54 Å². The number of aromatic nitrogens is 3. The van der Waals surface area contributed by atoms with Crippen molar-refractivity contribution in [3.63, 3.8) is 0 Å². The first-order valence-electron chi connectivity index (χ1n) is 11.0. The number of nitrogens with zero attached hydrogens (tertiary/aromatic N) is 4. The first-order valence-corrected chi connectivity index (χ1v) is 12.3. The predicted octanol–water partition coefficient (Wildman–Crippen LogP) is 4.33. The van der Waals surface area contributed by atoms with Crippen LogP contribution in [-0.4, -0.2) is 40.0 Å². The third kappa shape index (κ3) is 4.90. The van der Waals surface area contributed by atoms with Gasteiger partial charge in [0, 0.05) is 55.0 Å². The van der Waals surface area contributed by atoms with Gasteiger partial charge in [0.1, 0.15) is 11.6 Å². The Morgan fingerprint density at radius 3 is 2.76 bits per heavy atom. The highest BCUT2D eigenvalue weighted by molar-refractivity contribution is 7.13. The second-order valence-electron chi connectivity index (χ2n) is 8.21. The average Bonchev–Trinajstić information content (AvgIpc) is 3.39. The summed E-state index contributed by atoms with van der Waals surface area (Å²) in [7, 11) is 0. The lowest BCUT2D eigenvalue weighted by Gasteiger charge is -2.32. The number of carbonyl (C=O) groups is 1. The van der Waals surface area contributed by atoms with Gasteiger partial charge in [-0.1, -0.05) is 23.7 Å². The molecule has 8 nitrogen and oxygen atoms in total. The standard InChI is InChI=1S/C24H24ClN7OS/c25-20-12-17(23(33)30-13-15-1-2-19-16(11-15)3-6-27-21(19)26)14-29-22(20)31-18-4-8-32(9-5-18)24-28-7-10-34-24/h1-3,6-7,10-12,14,18H,4-5,8-9,13H2,(H2,26,27)(H,29,31)(H,30,33). The van der Waals surface area contributed by atoms with Crippen molar-refractivity contribution in [2.24, 2.45) is 0 Å². The topological polar surface area (TPSA) is 109 Å². The van der Waals surface area contributed by atoms with Gasteiger partial charge in [0.15, 0.2) is 5.13 Å². The van der Waals surface area contributed by atoms with Gasteiger partial charge < -0.3 is 21.3 Å². The Balaban J connectivity index is 1.17. The van der Waals surface area contributed by atoms with Crippen molar-refractivity contribution < 1.29 is 4.79 Å². The molecule has 10 heteroatoms. The summed E-state index contributed by atoms with van der Waals surface area (Å²) in [6.45, 7) is 2.24. The van der Waals surface area contributed by atoms with E-state index in [2.05, 4.69) is 30.5 Å². The normalized spacial score (nSPS) is 14.3. The van der Waals surface area contributed by atoms with E-state index in [1.54, 1.807) is 29.8 Å². The van der Waals surface area contributed by atoms with Crippen molar-refractivity contribution in [1.29, 1.82) is 0 Å². The molecule has 0 unspecified atom stereocenters. The maximum Gasteiger partial charge on any atom is 0.253 e. The fourth-order valence-electron chi connectivity index (χ4n) is 4.09. The number of nitrogens with one attached hydrogen (secondary N) is 2.